The van der Waals surface area contributed by atoms with Gasteiger partial charge in [0.05, 0.1) is 0 Å². The third-order valence-electron chi connectivity index (χ3n) is 2.60. The van der Waals surface area contributed by atoms with E-state index in [4.69, 9.17) is 6.42 Å². The van der Waals surface area contributed by atoms with Gasteiger partial charge >= 0.3 is 0 Å². The first-order chi connectivity index (χ1) is 8.19. The Morgan fingerprint density at radius 1 is 1.41 bits per heavy atom. The van der Waals surface area contributed by atoms with Crippen LogP contribution in [0.2, 0.25) is 0 Å². The summed E-state index contributed by atoms with van der Waals surface area (Å²) in [6, 6.07) is 3.36. The summed E-state index contributed by atoms with van der Waals surface area (Å²) in [7, 11) is 0. The third-order valence-corrected chi connectivity index (χ3v) is 2.60. The molecule has 0 spiro atoms. The second-order valence-electron chi connectivity index (χ2n) is 3.87. The van der Waals surface area contributed by atoms with Crippen LogP contribution in [0.5, 0.6) is 0 Å². The number of rotatable bonds is 6. The summed E-state index contributed by atoms with van der Waals surface area (Å²) >= 11 is 0. The predicted octanol–water partition coefficient (Wildman–Crippen LogP) is 3.42. The standard InChI is InChI=1S/C14H17F2N/c1-3-5-6-7-14(17-4-2)12-10-11(15)8-9-13(12)16/h1,8-10,14,17H,4-7H2,2H3. The number of unbranched alkanes of at least 4 members (excludes halogenated alkanes) is 1. The molecular weight excluding hydrogens is 220 g/mol. The van der Waals surface area contributed by atoms with E-state index in [0.29, 0.717) is 24.9 Å². The second-order valence-corrected chi connectivity index (χ2v) is 3.87. The van der Waals surface area contributed by atoms with E-state index in [2.05, 4.69) is 11.2 Å². The van der Waals surface area contributed by atoms with Crippen LogP contribution in [0.1, 0.15) is 37.8 Å². The monoisotopic (exact) mass is 237 g/mol. The first-order valence-electron chi connectivity index (χ1n) is 5.80. The Kier molecular flexibility index (Phi) is 5.65. The van der Waals surface area contributed by atoms with Crippen LogP contribution < -0.4 is 5.32 Å². The van der Waals surface area contributed by atoms with Crippen molar-refractivity contribution in [3.63, 3.8) is 0 Å². The van der Waals surface area contributed by atoms with E-state index in [1.807, 2.05) is 6.92 Å². The lowest BCUT2D eigenvalue weighted by Crippen LogP contribution is -2.22. The highest BCUT2D eigenvalue weighted by atomic mass is 19.1. The number of nitrogens with one attached hydrogen (secondary N) is 1. The number of terminal acetylenes is 1. The summed E-state index contributed by atoms with van der Waals surface area (Å²) in [6.45, 7) is 2.64. The van der Waals surface area contributed by atoms with Crippen molar-refractivity contribution in [3.8, 4) is 12.3 Å². The van der Waals surface area contributed by atoms with Crippen LogP contribution >= 0.6 is 0 Å². The van der Waals surface area contributed by atoms with Crippen LogP contribution in [-0.2, 0) is 0 Å². The highest BCUT2D eigenvalue weighted by Crippen LogP contribution is 2.23. The van der Waals surface area contributed by atoms with Gasteiger partial charge in [-0.2, -0.15) is 0 Å². The molecule has 1 rings (SSSR count). The lowest BCUT2D eigenvalue weighted by atomic mass is 10.0. The summed E-state index contributed by atoms with van der Waals surface area (Å²) < 4.78 is 26.7. The van der Waals surface area contributed by atoms with Crippen molar-refractivity contribution in [3.05, 3.63) is 35.4 Å². The van der Waals surface area contributed by atoms with E-state index in [1.165, 1.54) is 6.07 Å². The quantitative estimate of drug-likeness (QED) is 0.590. The Balaban J connectivity index is 2.81. The fourth-order valence-electron chi connectivity index (χ4n) is 1.80. The van der Waals surface area contributed by atoms with Crippen LogP contribution in [0.3, 0.4) is 0 Å². The third kappa shape index (κ3) is 4.16. The van der Waals surface area contributed by atoms with Gasteiger partial charge in [-0.25, -0.2) is 8.78 Å². The van der Waals surface area contributed by atoms with Crippen LogP contribution in [0.4, 0.5) is 8.78 Å². The van der Waals surface area contributed by atoms with Gasteiger partial charge in [0, 0.05) is 18.0 Å². The van der Waals surface area contributed by atoms with Crippen LogP contribution in [0.25, 0.3) is 0 Å². The van der Waals surface area contributed by atoms with Gasteiger partial charge in [0.15, 0.2) is 0 Å². The molecule has 1 nitrogen and oxygen atoms in total. The fourth-order valence-corrected chi connectivity index (χ4v) is 1.80. The first kappa shape index (κ1) is 13.7. The Labute approximate surface area is 101 Å². The van der Waals surface area contributed by atoms with Crippen molar-refractivity contribution in [2.45, 2.75) is 32.2 Å². The summed E-state index contributed by atoms with van der Waals surface area (Å²) in [5, 5.41) is 3.15. The molecule has 0 saturated heterocycles. The molecule has 1 aromatic rings. The highest BCUT2D eigenvalue weighted by Gasteiger charge is 2.15. The molecule has 0 aliphatic heterocycles. The predicted molar refractivity (Wildman–Crippen MR) is 65.5 cm³/mol. The molecule has 1 aromatic carbocycles. The van der Waals surface area contributed by atoms with Gasteiger partial charge in [0.25, 0.3) is 0 Å². The van der Waals surface area contributed by atoms with Gasteiger partial charge in [-0.05, 0) is 37.6 Å². The maximum atomic E-state index is 13.6. The topological polar surface area (TPSA) is 12.0 Å². The van der Waals surface area contributed by atoms with Gasteiger partial charge in [0.2, 0.25) is 0 Å². The SMILES string of the molecule is C#CCCCC(NCC)c1cc(F)ccc1F. The minimum absolute atomic E-state index is 0.177. The van der Waals surface area contributed by atoms with Crippen molar-refractivity contribution in [1.29, 1.82) is 0 Å². The molecule has 0 amide bonds. The lowest BCUT2D eigenvalue weighted by molar-refractivity contribution is 0.470. The van der Waals surface area contributed by atoms with Crippen molar-refractivity contribution in [2.75, 3.05) is 6.54 Å². The van der Waals surface area contributed by atoms with Crippen molar-refractivity contribution in [1.82, 2.24) is 5.32 Å². The molecule has 0 fully saturated rings. The van der Waals surface area contributed by atoms with E-state index in [1.54, 1.807) is 0 Å². The number of hydrogen-bond acceptors (Lipinski definition) is 1. The molecule has 1 N–H and O–H groups in total. The normalized spacial score (nSPS) is 12.1. The number of benzene rings is 1. The molecule has 0 aliphatic rings. The van der Waals surface area contributed by atoms with E-state index in [9.17, 15) is 8.78 Å². The van der Waals surface area contributed by atoms with Crippen molar-refractivity contribution in [2.24, 2.45) is 0 Å². The van der Waals surface area contributed by atoms with Gasteiger partial charge in [-0.1, -0.05) is 6.92 Å². The molecule has 0 bridgehead atoms. The molecule has 0 heterocycles. The summed E-state index contributed by atoms with van der Waals surface area (Å²) in [5.41, 5.74) is 0.379. The maximum Gasteiger partial charge on any atom is 0.128 e. The average molecular weight is 237 g/mol. The first-order valence-corrected chi connectivity index (χ1v) is 5.80. The zero-order chi connectivity index (χ0) is 12.7. The molecule has 92 valence electrons. The average Bonchev–Trinajstić information content (AvgIpc) is 2.32. The van der Waals surface area contributed by atoms with Crippen LogP contribution in [0, 0.1) is 24.0 Å². The van der Waals surface area contributed by atoms with E-state index in [0.717, 1.165) is 18.6 Å². The minimum atomic E-state index is -0.416. The van der Waals surface area contributed by atoms with E-state index < -0.39 is 5.82 Å². The largest absolute Gasteiger partial charge is 0.310 e. The Morgan fingerprint density at radius 2 is 2.18 bits per heavy atom. The number of halogens is 2. The lowest BCUT2D eigenvalue weighted by Gasteiger charge is -2.18. The van der Waals surface area contributed by atoms with Gasteiger partial charge in [0.1, 0.15) is 11.6 Å². The Bertz CT molecular complexity index is 396. The molecule has 1 atom stereocenters. The molecule has 0 saturated carbocycles. The molecule has 0 aliphatic carbocycles. The van der Waals surface area contributed by atoms with Gasteiger partial charge in [-0.3, -0.25) is 0 Å². The summed E-state index contributed by atoms with van der Waals surface area (Å²) in [6.07, 6.45) is 7.33. The van der Waals surface area contributed by atoms with Crippen molar-refractivity contribution < 1.29 is 8.78 Å². The zero-order valence-electron chi connectivity index (χ0n) is 9.97. The number of hydrogen-bond donors (Lipinski definition) is 1. The molecule has 17 heavy (non-hydrogen) atoms. The molecule has 0 radical (unpaired) electrons. The summed E-state index contributed by atoms with van der Waals surface area (Å²) in [4.78, 5) is 0. The van der Waals surface area contributed by atoms with E-state index in [-0.39, 0.29) is 11.9 Å². The molecule has 0 aromatic heterocycles. The zero-order valence-corrected chi connectivity index (χ0v) is 9.97. The smallest absolute Gasteiger partial charge is 0.128 e. The molecule has 3 heteroatoms. The minimum Gasteiger partial charge on any atom is -0.310 e. The second kappa shape index (κ2) is 7.03. The van der Waals surface area contributed by atoms with Gasteiger partial charge < -0.3 is 5.32 Å². The van der Waals surface area contributed by atoms with Crippen LogP contribution in [0.15, 0.2) is 18.2 Å². The maximum absolute atomic E-state index is 13.6. The Hall–Kier alpha value is -1.40. The molecular formula is C14H17F2N. The van der Waals surface area contributed by atoms with Crippen LogP contribution in [-0.4, -0.2) is 6.54 Å². The Morgan fingerprint density at radius 3 is 2.82 bits per heavy atom. The van der Waals surface area contributed by atoms with Crippen molar-refractivity contribution >= 4 is 0 Å². The van der Waals surface area contributed by atoms with Gasteiger partial charge in [-0.15, -0.1) is 12.3 Å². The van der Waals surface area contributed by atoms with E-state index >= 15 is 0 Å². The highest BCUT2D eigenvalue weighted by molar-refractivity contribution is 5.22. The molecule has 1 unspecified atom stereocenters. The fraction of sp³-hybridized carbons (Fsp3) is 0.429. The summed E-state index contributed by atoms with van der Waals surface area (Å²) in [5.74, 6) is 1.75.